The lowest BCUT2D eigenvalue weighted by molar-refractivity contribution is -0.141. The van der Waals surface area contributed by atoms with Gasteiger partial charge < -0.3 is 15.3 Å². The Bertz CT molecular complexity index is 477. The molecule has 0 aromatic carbocycles. The molecule has 0 aliphatic carbocycles. The number of thiophene rings is 1. The van der Waals surface area contributed by atoms with Crippen molar-refractivity contribution in [3.05, 3.63) is 21.3 Å². The third kappa shape index (κ3) is 3.61. The van der Waals surface area contributed by atoms with Crippen LogP contribution in [0.25, 0.3) is 0 Å². The van der Waals surface area contributed by atoms with Crippen LogP contribution in [-0.2, 0) is 11.2 Å². The zero-order chi connectivity index (χ0) is 13.8. The number of hydrogen-bond acceptors (Lipinski definition) is 3. The van der Waals surface area contributed by atoms with Gasteiger partial charge in [-0.25, -0.2) is 9.59 Å². The Hall–Kier alpha value is -1.27. The highest BCUT2D eigenvalue weighted by Crippen LogP contribution is 2.21. The lowest BCUT2D eigenvalue weighted by Gasteiger charge is -2.21. The summed E-state index contributed by atoms with van der Waals surface area (Å²) in [7, 11) is 0. The van der Waals surface area contributed by atoms with E-state index in [9.17, 15) is 9.59 Å². The Kier molecular flexibility index (Phi) is 4.66. The number of carboxylic acid groups (broad SMARTS) is 1. The van der Waals surface area contributed by atoms with Gasteiger partial charge >= 0.3 is 12.0 Å². The van der Waals surface area contributed by atoms with Gasteiger partial charge in [0, 0.05) is 18.0 Å². The summed E-state index contributed by atoms with van der Waals surface area (Å²) < 4.78 is 0.729. The fourth-order valence-electron chi connectivity index (χ4n) is 2.15. The van der Waals surface area contributed by atoms with Gasteiger partial charge in [0.2, 0.25) is 0 Å². The van der Waals surface area contributed by atoms with Gasteiger partial charge in [-0.2, -0.15) is 0 Å². The maximum atomic E-state index is 11.9. The molecule has 1 aromatic rings. The number of urea groups is 1. The number of likely N-dealkylation sites (tertiary alicyclic amines) is 1. The van der Waals surface area contributed by atoms with Gasteiger partial charge in [0.05, 0.1) is 4.34 Å². The number of amides is 2. The first kappa shape index (κ1) is 14.1. The van der Waals surface area contributed by atoms with Crippen LogP contribution in [-0.4, -0.2) is 41.1 Å². The minimum Gasteiger partial charge on any atom is -0.480 e. The van der Waals surface area contributed by atoms with Gasteiger partial charge in [0.1, 0.15) is 6.04 Å². The quantitative estimate of drug-likeness (QED) is 0.896. The Morgan fingerprint density at radius 1 is 1.53 bits per heavy atom. The molecule has 1 fully saturated rings. The molecule has 1 saturated heterocycles. The van der Waals surface area contributed by atoms with Crippen molar-refractivity contribution < 1.29 is 14.7 Å². The highest BCUT2D eigenvalue weighted by molar-refractivity contribution is 7.16. The van der Waals surface area contributed by atoms with Crippen molar-refractivity contribution >= 4 is 34.9 Å². The van der Waals surface area contributed by atoms with Crippen LogP contribution in [0.2, 0.25) is 4.34 Å². The van der Waals surface area contributed by atoms with E-state index in [0.717, 1.165) is 15.6 Å². The molecule has 104 valence electrons. The lowest BCUT2D eigenvalue weighted by Crippen LogP contribution is -2.46. The number of hydrogen-bond donors (Lipinski definition) is 2. The average molecular weight is 303 g/mol. The molecule has 2 rings (SSSR count). The van der Waals surface area contributed by atoms with Crippen molar-refractivity contribution in [3.63, 3.8) is 0 Å². The standard InChI is InChI=1S/C12H15ClN2O3S/c13-10-4-3-8(19-10)5-6-14-12(18)15-7-1-2-9(15)11(16)17/h3-4,9H,1-2,5-7H2,(H,14,18)(H,16,17). The highest BCUT2D eigenvalue weighted by Gasteiger charge is 2.33. The number of carboxylic acids is 1. The smallest absolute Gasteiger partial charge is 0.326 e. The molecule has 1 atom stereocenters. The van der Waals surface area contributed by atoms with Crippen molar-refractivity contribution in [2.75, 3.05) is 13.1 Å². The average Bonchev–Trinajstić information content (AvgIpc) is 2.97. The molecule has 1 unspecified atom stereocenters. The van der Waals surface area contributed by atoms with Crippen LogP contribution in [0.1, 0.15) is 17.7 Å². The monoisotopic (exact) mass is 302 g/mol. The van der Waals surface area contributed by atoms with Crippen molar-refractivity contribution in [1.82, 2.24) is 10.2 Å². The maximum absolute atomic E-state index is 11.9. The first-order valence-electron chi connectivity index (χ1n) is 6.09. The molecule has 0 saturated carbocycles. The Balaban J connectivity index is 1.79. The molecule has 2 amide bonds. The number of nitrogens with zero attached hydrogens (tertiary/aromatic N) is 1. The number of carbonyl (C=O) groups excluding carboxylic acids is 1. The normalized spacial score (nSPS) is 18.6. The molecule has 1 aliphatic rings. The Morgan fingerprint density at radius 2 is 2.32 bits per heavy atom. The fraction of sp³-hybridized carbons (Fsp3) is 0.500. The zero-order valence-corrected chi connectivity index (χ0v) is 11.8. The lowest BCUT2D eigenvalue weighted by atomic mass is 10.2. The van der Waals surface area contributed by atoms with E-state index in [4.69, 9.17) is 16.7 Å². The third-order valence-corrected chi connectivity index (χ3v) is 4.37. The van der Waals surface area contributed by atoms with Crippen molar-refractivity contribution in [3.8, 4) is 0 Å². The van der Waals surface area contributed by atoms with Crippen LogP contribution in [0.5, 0.6) is 0 Å². The van der Waals surface area contributed by atoms with E-state index in [1.165, 1.54) is 16.2 Å². The van der Waals surface area contributed by atoms with Crippen molar-refractivity contribution in [2.45, 2.75) is 25.3 Å². The van der Waals surface area contributed by atoms with Gasteiger partial charge in [-0.15, -0.1) is 11.3 Å². The first-order valence-corrected chi connectivity index (χ1v) is 7.29. The van der Waals surface area contributed by atoms with E-state index in [1.54, 1.807) is 0 Å². The number of halogens is 1. The van der Waals surface area contributed by atoms with E-state index in [-0.39, 0.29) is 6.03 Å². The molecular formula is C12H15ClN2O3S. The molecule has 0 spiro atoms. The topological polar surface area (TPSA) is 69.6 Å². The highest BCUT2D eigenvalue weighted by atomic mass is 35.5. The summed E-state index contributed by atoms with van der Waals surface area (Å²) in [4.78, 5) is 25.4. The second-order valence-corrected chi connectivity index (χ2v) is 6.18. The molecule has 5 nitrogen and oxygen atoms in total. The van der Waals surface area contributed by atoms with Crippen LogP contribution >= 0.6 is 22.9 Å². The van der Waals surface area contributed by atoms with Gasteiger partial charge in [-0.1, -0.05) is 11.6 Å². The molecule has 7 heteroatoms. The first-order chi connectivity index (χ1) is 9.08. The largest absolute Gasteiger partial charge is 0.480 e. The summed E-state index contributed by atoms with van der Waals surface area (Å²) in [6, 6.07) is 2.77. The molecule has 2 N–H and O–H groups in total. The van der Waals surface area contributed by atoms with E-state index in [1.807, 2.05) is 12.1 Å². The minimum absolute atomic E-state index is 0.299. The summed E-state index contributed by atoms with van der Waals surface area (Å²) in [6.07, 6.45) is 1.98. The molecule has 1 aromatic heterocycles. The van der Waals surface area contributed by atoms with Crippen LogP contribution in [0.3, 0.4) is 0 Å². The molecular weight excluding hydrogens is 288 g/mol. The second-order valence-electron chi connectivity index (χ2n) is 4.38. The van der Waals surface area contributed by atoms with Crippen LogP contribution < -0.4 is 5.32 Å². The van der Waals surface area contributed by atoms with Crippen LogP contribution in [0.4, 0.5) is 4.79 Å². The van der Waals surface area contributed by atoms with E-state index >= 15 is 0 Å². The minimum atomic E-state index is -0.933. The third-order valence-electron chi connectivity index (χ3n) is 3.08. The van der Waals surface area contributed by atoms with Crippen molar-refractivity contribution in [1.29, 1.82) is 0 Å². The molecule has 2 heterocycles. The predicted molar refractivity (Wildman–Crippen MR) is 73.8 cm³/mol. The van der Waals surface area contributed by atoms with Gasteiger partial charge in [-0.3, -0.25) is 0 Å². The van der Waals surface area contributed by atoms with E-state index < -0.39 is 12.0 Å². The van der Waals surface area contributed by atoms with Gasteiger partial charge in [0.25, 0.3) is 0 Å². The van der Waals surface area contributed by atoms with Crippen LogP contribution in [0.15, 0.2) is 12.1 Å². The molecule has 0 bridgehead atoms. The second kappa shape index (κ2) is 6.25. The Labute approximate surface area is 120 Å². The van der Waals surface area contributed by atoms with Gasteiger partial charge in [0.15, 0.2) is 0 Å². The van der Waals surface area contributed by atoms with E-state index in [2.05, 4.69) is 5.32 Å². The number of carbonyl (C=O) groups is 2. The number of nitrogens with one attached hydrogen (secondary N) is 1. The molecule has 1 aliphatic heterocycles. The summed E-state index contributed by atoms with van der Waals surface area (Å²) in [6.45, 7) is 0.992. The van der Waals surface area contributed by atoms with E-state index in [0.29, 0.717) is 25.9 Å². The number of rotatable bonds is 4. The maximum Gasteiger partial charge on any atom is 0.326 e. The van der Waals surface area contributed by atoms with Gasteiger partial charge in [-0.05, 0) is 31.4 Å². The summed E-state index contributed by atoms with van der Waals surface area (Å²) >= 11 is 7.30. The Morgan fingerprint density at radius 3 is 2.95 bits per heavy atom. The predicted octanol–water partition coefficient (Wildman–Crippen LogP) is 2.20. The molecule has 19 heavy (non-hydrogen) atoms. The van der Waals surface area contributed by atoms with Crippen molar-refractivity contribution in [2.24, 2.45) is 0 Å². The summed E-state index contributed by atoms with van der Waals surface area (Å²) in [5, 5.41) is 11.8. The fourth-order valence-corrected chi connectivity index (χ4v) is 3.23. The zero-order valence-electron chi connectivity index (χ0n) is 10.3. The molecule has 0 radical (unpaired) electrons. The van der Waals surface area contributed by atoms with Crippen LogP contribution in [0, 0.1) is 0 Å². The summed E-state index contributed by atoms with van der Waals surface area (Å²) in [5.41, 5.74) is 0. The number of aliphatic carboxylic acids is 1. The summed E-state index contributed by atoms with van der Waals surface area (Å²) in [5.74, 6) is -0.933. The SMILES string of the molecule is O=C(O)C1CCCN1C(=O)NCCc1ccc(Cl)s1.